The first-order chi connectivity index (χ1) is 12.2. The van der Waals surface area contributed by atoms with Crippen molar-refractivity contribution in [1.29, 1.82) is 0 Å². The third kappa shape index (κ3) is 4.25. The molecule has 0 fully saturated rings. The van der Waals surface area contributed by atoms with E-state index in [2.05, 4.69) is 15.7 Å². The van der Waals surface area contributed by atoms with Gasteiger partial charge < -0.3 is 4.57 Å². The fourth-order valence-electron chi connectivity index (χ4n) is 2.61. The topological polar surface area (TPSA) is 105 Å². The fourth-order valence-corrected chi connectivity index (χ4v) is 3.27. The quantitative estimate of drug-likeness (QED) is 0.267. The maximum atomic E-state index is 12.8. The molecule has 2 aromatic heterocycles. The van der Waals surface area contributed by atoms with Gasteiger partial charge in [0.05, 0.1) is 12.9 Å². The molecule has 0 aliphatic carbocycles. The van der Waals surface area contributed by atoms with Crippen LogP contribution in [0, 0.1) is 0 Å². The van der Waals surface area contributed by atoms with Crippen molar-refractivity contribution in [3.63, 3.8) is 0 Å². The highest BCUT2D eigenvalue weighted by Gasteiger charge is 2.20. The van der Waals surface area contributed by atoms with E-state index in [9.17, 15) is 18.0 Å². The molecule has 2 rings (SSSR count). The molecular formula is C15H21ClN4O5S. The van der Waals surface area contributed by atoms with E-state index in [1.165, 1.54) is 9.13 Å². The number of fused-ring (bicyclic) bond motifs is 1. The molecule has 144 valence electrons. The molecule has 0 atom stereocenters. The minimum atomic E-state index is -3.57. The first-order valence-corrected chi connectivity index (χ1v) is 10.2. The standard InChI is InChI=1S/C15H21ClN4O5S/c1-4-7-18-11-12(17-14(18)16)19(8-5-2)15(22)20(13(11)21)9-6-10-25-26(3,23)24/h4H,1,5-10H2,2-3H3. The van der Waals surface area contributed by atoms with Crippen molar-refractivity contribution in [2.75, 3.05) is 12.9 Å². The van der Waals surface area contributed by atoms with Gasteiger partial charge in [0, 0.05) is 19.6 Å². The highest BCUT2D eigenvalue weighted by atomic mass is 35.5. The predicted molar refractivity (Wildman–Crippen MR) is 99.2 cm³/mol. The summed E-state index contributed by atoms with van der Waals surface area (Å²) in [5, 5.41) is 0.0967. The zero-order valence-electron chi connectivity index (χ0n) is 14.6. The second kappa shape index (κ2) is 8.19. The average molecular weight is 405 g/mol. The van der Waals surface area contributed by atoms with Crippen LogP contribution in [0.4, 0.5) is 0 Å². The predicted octanol–water partition coefficient (Wildman–Crippen LogP) is 0.975. The molecule has 2 aromatic rings. The summed E-state index contributed by atoms with van der Waals surface area (Å²) < 4.78 is 30.6. The summed E-state index contributed by atoms with van der Waals surface area (Å²) in [6.45, 7) is 6.07. The molecule has 0 spiro atoms. The van der Waals surface area contributed by atoms with Gasteiger partial charge in [-0.3, -0.25) is 18.1 Å². The van der Waals surface area contributed by atoms with Gasteiger partial charge in [0.2, 0.25) is 5.28 Å². The molecule has 0 bridgehead atoms. The molecule has 0 aliphatic heterocycles. The van der Waals surface area contributed by atoms with Crippen LogP contribution in [0.3, 0.4) is 0 Å². The van der Waals surface area contributed by atoms with Gasteiger partial charge >= 0.3 is 5.69 Å². The maximum absolute atomic E-state index is 12.8. The summed E-state index contributed by atoms with van der Waals surface area (Å²) >= 11 is 6.13. The van der Waals surface area contributed by atoms with Gasteiger partial charge in [-0.1, -0.05) is 13.0 Å². The number of hydrogen-bond donors (Lipinski definition) is 0. The van der Waals surface area contributed by atoms with E-state index < -0.39 is 21.4 Å². The summed E-state index contributed by atoms with van der Waals surface area (Å²) in [6, 6.07) is 0. The van der Waals surface area contributed by atoms with Crippen LogP contribution >= 0.6 is 11.6 Å². The smallest absolute Gasteiger partial charge is 0.305 e. The Morgan fingerprint density at radius 3 is 2.50 bits per heavy atom. The molecule has 0 aromatic carbocycles. The maximum Gasteiger partial charge on any atom is 0.332 e. The van der Waals surface area contributed by atoms with Gasteiger partial charge in [0.15, 0.2) is 11.2 Å². The van der Waals surface area contributed by atoms with E-state index in [1.54, 1.807) is 6.08 Å². The van der Waals surface area contributed by atoms with Crippen molar-refractivity contribution in [2.24, 2.45) is 0 Å². The molecule has 9 nitrogen and oxygen atoms in total. The molecule has 26 heavy (non-hydrogen) atoms. The molecule has 0 saturated carbocycles. The Hall–Kier alpha value is -1.91. The third-order valence-electron chi connectivity index (χ3n) is 3.65. The van der Waals surface area contributed by atoms with E-state index in [0.717, 1.165) is 10.8 Å². The van der Waals surface area contributed by atoms with Crippen molar-refractivity contribution >= 4 is 32.9 Å². The second-order valence-corrected chi connectivity index (χ2v) is 7.70. The van der Waals surface area contributed by atoms with Gasteiger partial charge in [-0.2, -0.15) is 13.4 Å². The first-order valence-electron chi connectivity index (χ1n) is 8.06. The zero-order valence-corrected chi connectivity index (χ0v) is 16.2. The van der Waals surface area contributed by atoms with Crippen molar-refractivity contribution < 1.29 is 12.6 Å². The number of rotatable bonds is 9. The molecule has 0 radical (unpaired) electrons. The van der Waals surface area contributed by atoms with E-state index >= 15 is 0 Å². The normalized spacial score (nSPS) is 12.0. The lowest BCUT2D eigenvalue weighted by Gasteiger charge is -2.11. The zero-order chi connectivity index (χ0) is 19.5. The van der Waals surface area contributed by atoms with Crippen molar-refractivity contribution in [1.82, 2.24) is 18.7 Å². The van der Waals surface area contributed by atoms with Crippen LogP contribution < -0.4 is 11.2 Å². The lowest BCUT2D eigenvalue weighted by molar-refractivity contribution is 0.304. The Labute approximate surface area is 155 Å². The van der Waals surface area contributed by atoms with Crippen LogP contribution in [-0.4, -0.2) is 40.0 Å². The van der Waals surface area contributed by atoms with Crippen molar-refractivity contribution in [3.05, 3.63) is 38.8 Å². The van der Waals surface area contributed by atoms with E-state index in [4.69, 9.17) is 11.6 Å². The summed E-state index contributed by atoms with van der Waals surface area (Å²) in [5.41, 5.74) is -0.592. The minimum Gasteiger partial charge on any atom is -0.305 e. The molecule has 0 aliphatic rings. The lowest BCUT2D eigenvalue weighted by Crippen LogP contribution is -2.41. The van der Waals surface area contributed by atoms with Crippen LogP contribution in [0.5, 0.6) is 0 Å². The molecule has 11 heteroatoms. The highest BCUT2D eigenvalue weighted by molar-refractivity contribution is 7.85. The lowest BCUT2D eigenvalue weighted by atomic mass is 10.4. The Morgan fingerprint density at radius 2 is 1.92 bits per heavy atom. The number of aryl methyl sites for hydroxylation is 1. The van der Waals surface area contributed by atoms with E-state index in [0.29, 0.717) is 13.0 Å². The van der Waals surface area contributed by atoms with E-state index in [-0.39, 0.29) is 42.6 Å². The monoisotopic (exact) mass is 404 g/mol. The summed E-state index contributed by atoms with van der Waals surface area (Å²) in [6.07, 6.45) is 3.36. The van der Waals surface area contributed by atoms with Crippen LogP contribution in [0.25, 0.3) is 11.2 Å². The number of allylic oxidation sites excluding steroid dienone is 1. The molecule has 0 N–H and O–H groups in total. The third-order valence-corrected chi connectivity index (χ3v) is 4.53. The van der Waals surface area contributed by atoms with E-state index in [1.807, 2.05) is 6.92 Å². The number of aromatic nitrogens is 4. The van der Waals surface area contributed by atoms with Crippen LogP contribution in [0.2, 0.25) is 5.28 Å². The summed E-state index contributed by atoms with van der Waals surface area (Å²) in [5.74, 6) is 0. The number of halogens is 1. The van der Waals surface area contributed by atoms with Crippen molar-refractivity contribution in [2.45, 2.75) is 39.4 Å². The summed E-state index contributed by atoms with van der Waals surface area (Å²) in [7, 11) is -3.57. The van der Waals surface area contributed by atoms with Gasteiger partial charge in [-0.05, 0) is 24.4 Å². The van der Waals surface area contributed by atoms with Crippen molar-refractivity contribution in [3.8, 4) is 0 Å². The molecular weight excluding hydrogens is 384 g/mol. The SMILES string of the molecule is C=CCn1c(Cl)nc2c1c(=O)n(CCCOS(C)(=O)=O)c(=O)n2CCC. The second-order valence-electron chi connectivity index (χ2n) is 5.72. The van der Waals surface area contributed by atoms with Gasteiger partial charge in [-0.25, -0.2) is 4.79 Å². The Balaban J connectivity index is 2.55. The highest BCUT2D eigenvalue weighted by Crippen LogP contribution is 2.16. The summed E-state index contributed by atoms with van der Waals surface area (Å²) in [4.78, 5) is 29.7. The average Bonchev–Trinajstić information content (AvgIpc) is 2.87. The Morgan fingerprint density at radius 1 is 1.23 bits per heavy atom. The molecule has 0 unspecified atom stereocenters. The Bertz CT molecular complexity index is 1030. The molecule has 2 heterocycles. The fraction of sp³-hybridized carbons (Fsp3) is 0.533. The molecule has 0 saturated heterocycles. The van der Waals surface area contributed by atoms with Gasteiger partial charge in [0.25, 0.3) is 15.7 Å². The number of hydrogen-bond acceptors (Lipinski definition) is 6. The van der Waals surface area contributed by atoms with Gasteiger partial charge in [0.1, 0.15) is 0 Å². The largest absolute Gasteiger partial charge is 0.332 e. The number of nitrogens with zero attached hydrogens (tertiary/aromatic N) is 4. The molecule has 0 amide bonds. The van der Waals surface area contributed by atoms with Crippen LogP contribution in [0.1, 0.15) is 19.8 Å². The number of imidazole rings is 1. The minimum absolute atomic E-state index is 0.0176. The van der Waals surface area contributed by atoms with Crippen LogP contribution in [-0.2, 0) is 33.9 Å². The van der Waals surface area contributed by atoms with Crippen LogP contribution in [0.15, 0.2) is 22.2 Å². The van der Waals surface area contributed by atoms with Gasteiger partial charge in [-0.15, -0.1) is 6.58 Å². The first kappa shape index (κ1) is 20.4. The Kier molecular flexibility index (Phi) is 6.43.